The Labute approximate surface area is 348 Å². The van der Waals surface area contributed by atoms with E-state index in [2.05, 4.69) is 25.7 Å². The molecule has 7 nitrogen and oxygen atoms in total. The Kier molecular flexibility index (Phi) is 44.0. The van der Waals surface area contributed by atoms with Gasteiger partial charge < -0.3 is 24.6 Å². The van der Waals surface area contributed by atoms with Gasteiger partial charge in [0.2, 0.25) is 0 Å². The zero-order valence-corrected chi connectivity index (χ0v) is 37.8. The maximum Gasteiger partial charge on any atom is 0.306 e. The second-order valence-corrected chi connectivity index (χ2v) is 17.1. The summed E-state index contributed by atoms with van der Waals surface area (Å²) in [5.74, 6) is 0.478. The molecule has 1 atom stereocenters. The van der Waals surface area contributed by atoms with Gasteiger partial charge in [-0.15, -0.1) is 0 Å². The number of carbonyl (C=O) groups is 2. The van der Waals surface area contributed by atoms with Crippen LogP contribution < -0.4 is 0 Å². The van der Waals surface area contributed by atoms with E-state index in [1.165, 1.54) is 122 Å². The SMILES string of the molecule is CCCCCCCCCOC(=O)CCCCCCCN(CCO)CCC(CCO)CCCCCCCC(=O)OC(CCCCCCCC)CCCCCCCC. The van der Waals surface area contributed by atoms with E-state index in [9.17, 15) is 19.8 Å². The second kappa shape index (κ2) is 44.9. The zero-order chi connectivity index (χ0) is 41.0. The Balaban J connectivity index is 4.15. The number of aliphatic hydroxyl groups excluding tert-OH is 2. The molecule has 1 unspecified atom stereocenters. The van der Waals surface area contributed by atoms with Crippen LogP contribution in [0.15, 0.2) is 0 Å². The third kappa shape index (κ3) is 39.6. The first-order valence-corrected chi connectivity index (χ1v) is 24.8. The zero-order valence-electron chi connectivity index (χ0n) is 37.8. The van der Waals surface area contributed by atoms with Crippen molar-refractivity contribution in [3.63, 3.8) is 0 Å². The molecule has 0 aliphatic carbocycles. The minimum atomic E-state index is -0.0411. The molecule has 334 valence electrons. The lowest BCUT2D eigenvalue weighted by Gasteiger charge is -2.24. The van der Waals surface area contributed by atoms with E-state index in [-0.39, 0.29) is 31.3 Å². The van der Waals surface area contributed by atoms with Gasteiger partial charge in [0.05, 0.1) is 13.2 Å². The molecule has 0 aromatic rings. The predicted octanol–water partition coefficient (Wildman–Crippen LogP) is 13.4. The van der Waals surface area contributed by atoms with Crippen molar-refractivity contribution in [1.82, 2.24) is 4.90 Å². The summed E-state index contributed by atoms with van der Waals surface area (Å²) in [7, 11) is 0. The molecular weight excluding hydrogens is 699 g/mol. The number of hydrogen-bond donors (Lipinski definition) is 2. The highest BCUT2D eigenvalue weighted by molar-refractivity contribution is 5.69. The van der Waals surface area contributed by atoms with Crippen molar-refractivity contribution in [3.05, 3.63) is 0 Å². The highest BCUT2D eigenvalue weighted by atomic mass is 16.5. The quantitative estimate of drug-likeness (QED) is 0.0468. The molecule has 0 radical (unpaired) electrons. The minimum absolute atomic E-state index is 0.00795. The first-order valence-electron chi connectivity index (χ1n) is 24.8. The lowest BCUT2D eigenvalue weighted by Crippen LogP contribution is -2.30. The van der Waals surface area contributed by atoms with Gasteiger partial charge in [0.25, 0.3) is 0 Å². The largest absolute Gasteiger partial charge is 0.466 e. The molecule has 0 aliphatic heterocycles. The maximum atomic E-state index is 12.8. The molecule has 2 N–H and O–H groups in total. The van der Waals surface area contributed by atoms with E-state index in [4.69, 9.17) is 9.47 Å². The summed E-state index contributed by atoms with van der Waals surface area (Å²) in [6.07, 6.45) is 41.1. The van der Waals surface area contributed by atoms with Crippen LogP contribution in [0.4, 0.5) is 0 Å². The van der Waals surface area contributed by atoms with Crippen LogP contribution in [-0.2, 0) is 19.1 Å². The first kappa shape index (κ1) is 54.8. The molecule has 0 amide bonds. The van der Waals surface area contributed by atoms with Gasteiger partial charge in [-0.05, 0) is 83.2 Å². The third-order valence-corrected chi connectivity index (χ3v) is 11.7. The second-order valence-electron chi connectivity index (χ2n) is 17.1. The van der Waals surface area contributed by atoms with Gasteiger partial charge in [-0.2, -0.15) is 0 Å². The van der Waals surface area contributed by atoms with Crippen molar-refractivity contribution in [2.24, 2.45) is 5.92 Å². The number of nitrogens with zero attached hydrogens (tertiary/aromatic N) is 1. The summed E-state index contributed by atoms with van der Waals surface area (Å²) in [5, 5.41) is 19.4. The van der Waals surface area contributed by atoms with E-state index in [0.29, 0.717) is 31.9 Å². The fourth-order valence-corrected chi connectivity index (χ4v) is 7.95. The number of rotatable bonds is 46. The van der Waals surface area contributed by atoms with Crippen molar-refractivity contribution in [3.8, 4) is 0 Å². The Hall–Kier alpha value is -1.18. The van der Waals surface area contributed by atoms with E-state index < -0.39 is 0 Å². The molecular formula is C49H97NO6. The molecule has 0 fully saturated rings. The highest BCUT2D eigenvalue weighted by Crippen LogP contribution is 2.21. The smallest absolute Gasteiger partial charge is 0.306 e. The van der Waals surface area contributed by atoms with Crippen molar-refractivity contribution >= 4 is 11.9 Å². The molecule has 0 heterocycles. The van der Waals surface area contributed by atoms with Crippen LogP contribution in [0.5, 0.6) is 0 Å². The summed E-state index contributed by atoms with van der Waals surface area (Å²) >= 11 is 0. The van der Waals surface area contributed by atoms with Crippen LogP contribution in [-0.4, -0.2) is 72.6 Å². The van der Waals surface area contributed by atoms with E-state index >= 15 is 0 Å². The summed E-state index contributed by atoms with van der Waals surface area (Å²) in [6, 6.07) is 0. The van der Waals surface area contributed by atoms with Gasteiger partial charge in [0.15, 0.2) is 0 Å². The Morgan fingerprint density at radius 3 is 1.39 bits per heavy atom. The molecule has 0 spiro atoms. The van der Waals surface area contributed by atoms with E-state index in [0.717, 1.165) is 109 Å². The molecule has 7 heteroatoms. The fourth-order valence-electron chi connectivity index (χ4n) is 7.95. The summed E-state index contributed by atoms with van der Waals surface area (Å²) in [4.78, 5) is 27.2. The number of ether oxygens (including phenoxy) is 2. The van der Waals surface area contributed by atoms with Crippen LogP contribution in [0.25, 0.3) is 0 Å². The number of hydrogen-bond acceptors (Lipinski definition) is 7. The average Bonchev–Trinajstić information content (AvgIpc) is 3.19. The number of carbonyl (C=O) groups excluding carboxylic acids is 2. The maximum absolute atomic E-state index is 12.8. The van der Waals surface area contributed by atoms with Crippen LogP contribution in [0.2, 0.25) is 0 Å². The molecule has 0 aromatic carbocycles. The molecule has 56 heavy (non-hydrogen) atoms. The minimum Gasteiger partial charge on any atom is -0.466 e. The summed E-state index contributed by atoms with van der Waals surface area (Å²) < 4.78 is 11.5. The van der Waals surface area contributed by atoms with E-state index in [1.54, 1.807) is 0 Å². The highest BCUT2D eigenvalue weighted by Gasteiger charge is 2.15. The Bertz CT molecular complexity index is 793. The fraction of sp³-hybridized carbons (Fsp3) is 0.959. The summed E-state index contributed by atoms with van der Waals surface area (Å²) in [5.41, 5.74) is 0. The Morgan fingerprint density at radius 1 is 0.429 bits per heavy atom. The summed E-state index contributed by atoms with van der Waals surface area (Å²) in [6.45, 7) is 10.4. The molecule has 0 rings (SSSR count). The van der Waals surface area contributed by atoms with Gasteiger partial charge in [0.1, 0.15) is 6.10 Å². The Morgan fingerprint density at radius 2 is 0.875 bits per heavy atom. The third-order valence-electron chi connectivity index (χ3n) is 11.7. The van der Waals surface area contributed by atoms with Crippen molar-refractivity contribution in [2.45, 2.75) is 258 Å². The predicted molar refractivity (Wildman–Crippen MR) is 238 cm³/mol. The van der Waals surface area contributed by atoms with Gasteiger partial charge in [0, 0.05) is 26.0 Å². The molecule has 0 aliphatic rings. The van der Waals surface area contributed by atoms with Crippen LogP contribution >= 0.6 is 0 Å². The molecule has 0 saturated heterocycles. The van der Waals surface area contributed by atoms with Crippen LogP contribution in [0.1, 0.15) is 252 Å². The number of unbranched alkanes of at least 4 members (excludes halogenated alkanes) is 24. The molecule has 0 bridgehead atoms. The lowest BCUT2D eigenvalue weighted by molar-refractivity contribution is -0.150. The number of aliphatic hydroxyl groups is 2. The van der Waals surface area contributed by atoms with Gasteiger partial charge in [-0.25, -0.2) is 0 Å². The van der Waals surface area contributed by atoms with Crippen molar-refractivity contribution in [2.75, 3.05) is 39.5 Å². The monoisotopic (exact) mass is 796 g/mol. The van der Waals surface area contributed by atoms with Gasteiger partial charge in [-0.1, -0.05) is 175 Å². The van der Waals surface area contributed by atoms with Crippen LogP contribution in [0.3, 0.4) is 0 Å². The average molecular weight is 796 g/mol. The van der Waals surface area contributed by atoms with Crippen molar-refractivity contribution in [1.29, 1.82) is 0 Å². The normalized spacial score (nSPS) is 12.2. The van der Waals surface area contributed by atoms with Gasteiger partial charge in [-0.3, -0.25) is 9.59 Å². The van der Waals surface area contributed by atoms with Gasteiger partial charge >= 0.3 is 11.9 Å². The van der Waals surface area contributed by atoms with Crippen molar-refractivity contribution < 1.29 is 29.3 Å². The van der Waals surface area contributed by atoms with E-state index in [1.807, 2.05) is 0 Å². The standard InChI is InChI=1S/C49H97NO6/c1-4-7-10-13-16-25-32-45-55-48(53)36-29-23-18-24-31-40-50(42-44-52)41-38-46(39-43-51)33-26-19-17-22-30-37-49(54)56-47(34-27-20-14-11-8-5-2)35-28-21-15-12-9-6-3/h46-47,51-52H,4-45H2,1-3H3. The molecule has 0 saturated carbocycles. The topological polar surface area (TPSA) is 96.3 Å². The molecule has 0 aromatic heterocycles. The number of esters is 2. The van der Waals surface area contributed by atoms with Crippen LogP contribution in [0, 0.1) is 5.92 Å². The first-order chi connectivity index (χ1) is 27.5. The lowest BCUT2D eigenvalue weighted by atomic mass is 9.94.